The molecule has 0 aliphatic rings. The Morgan fingerprint density at radius 2 is 0.683 bits per heavy atom. The van der Waals surface area contributed by atoms with Crippen molar-refractivity contribution in [3.05, 3.63) is 89.5 Å². The summed E-state index contributed by atoms with van der Waals surface area (Å²) in [6.07, 6.45) is 5.04. The van der Waals surface area contributed by atoms with Gasteiger partial charge >= 0.3 is 17.9 Å². The van der Waals surface area contributed by atoms with Crippen molar-refractivity contribution in [1.82, 2.24) is 15.0 Å². The normalized spacial score (nSPS) is 10.7. The van der Waals surface area contributed by atoms with E-state index in [0.29, 0.717) is 53.6 Å². The molecule has 4 rings (SSSR count). The number of thioether (sulfide) groups is 3. The number of rotatable bonds is 24. The average Bonchev–Trinajstić information content (AvgIpc) is 3.25. The Bertz CT molecular complexity index is 1810. The predicted molar refractivity (Wildman–Crippen MR) is 233 cm³/mol. The summed E-state index contributed by atoms with van der Waals surface area (Å²) in [4.78, 5) is 88.7. The van der Waals surface area contributed by atoms with Crippen LogP contribution in [0.4, 0.5) is 17.1 Å². The van der Waals surface area contributed by atoms with Gasteiger partial charge in [-0.1, -0.05) is 75.3 Å². The van der Waals surface area contributed by atoms with Gasteiger partial charge in [-0.15, -0.1) is 0 Å². The van der Waals surface area contributed by atoms with E-state index < -0.39 is 17.9 Å². The number of carbonyl (C=O) groups is 6. The van der Waals surface area contributed by atoms with Crippen LogP contribution in [0.25, 0.3) is 0 Å². The second-order valence-electron chi connectivity index (χ2n) is 12.9. The summed E-state index contributed by atoms with van der Waals surface area (Å²) >= 11 is 3.11. The number of hydrogen-bond acceptors (Lipinski definition) is 15. The molecule has 0 aliphatic carbocycles. The minimum Gasteiger partial charge on any atom is -0.462 e. The topological polar surface area (TPSA) is 205 Å². The largest absolute Gasteiger partial charge is 0.462 e. The Hall–Kier alpha value is -5.46. The molecule has 0 saturated carbocycles. The van der Waals surface area contributed by atoms with Gasteiger partial charge in [0.1, 0.15) is 0 Å². The van der Waals surface area contributed by atoms with Crippen LogP contribution in [0.3, 0.4) is 0 Å². The summed E-state index contributed by atoms with van der Waals surface area (Å²) in [5, 5.41) is 8.91. The first kappa shape index (κ1) is 47.2. The molecule has 0 unspecified atom stereocenters. The molecule has 15 nitrogen and oxygen atoms in total. The van der Waals surface area contributed by atoms with Gasteiger partial charge in [0.2, 0.25) is 17.7 Å². The summed E-state index contributed by atoms with van der Waals surface area (Å²) in [6.45, 7) is 7.03. The molecule has 0 saturated heterocycles. The van der Waals surface area contributed by atoms with E-state index in [1.165, 1.54) is 0 Å². The Morgan fingerprint density at radius 3 is 0.917 bits per heavy atom. The van der Waals surface area contributed by atoms with E-state index in [-0.39, 0.29) is 50.4 Å². The SMILES string of the molecule is CCCCOC(=O)c1ccc(NC(=O)CSc2nc(SCC(=O)Nc3ccc(C(=O)OCCCC)cc3)nc(SCC(=O)Nc3ccc(C(=O)OCCCC)cc3)n2)cc1. The number of carbonyl (C=O) groups excluding carboxylic acids is 6. The van der Waals surface area contributed by atoms with Crippen molar-refractivity contribution < 1.29 is 43.0 Å². The van der Waals surface area contributed by atoms with Gasteiger partial charge in [0.25, 0.3) is 0 Å². The van der Waals surface area contributed by atoms with Crippen molar-refractivity contribution in [1.29, 1.82) is 0 Å². The number of anilines is 3. The van der Waals surface area contributed by atoms with Gasteiger partial charge in [-0.05, 0) is 92.1 Å². The molecule has 0 spiro atoms. The summed E-state index contributed by atoms with van der Waals surface area (Å²) < 4.78 is 15.7. The number of aromatic nitrogens is 3. The second-order valence-corrected chi connectivity index (χ2v) is 15.7. The van der Waals surface area contributed by atoms with Crippen LogP contribution >= 0.6 is 35.3 Å². The molecular formula is C42H48N6O9S3. The van der Waals surface area contributed by atoms with Gasteiger partial charge in [0.15, 0.2) is 15.5 Å². The first-order chi connectivity index (χ1) is 29.1. The number of ether oxygens (including phenoxy) is 3. The van der Waals surface area contributed by atoms with Crippen molar-refractivity contribution in [2.24, 2.45) is 0 Å². The highest BCUT2D eigenvalue weighted by molar-refractivity contribution is 8.01. The van der Waals surface area contributed by atoms with E-state index in [4.69, 9.17) is 14.2 Å². The molecule has 0 fully saturated rings. The highest BCUT2D eigenvalue weighted by Gasteiger charge is 2.16. The van der Waals surface area contributed by atoms with Gasteiger partial charge in [0.05, 0.1) is 53.8 Å². The van der Waals surface area contributed by atoms with E-state index in [1.54, 1.807) is 72.8 Å². The van der Waals surface area contributed by atoms with Gasteiger partial charge < -0.3 is 30.2 Å². The fourth-order valence-corrected chi connectivity index (χ4v) is 6.82. The Balaban J connectivity index is 1.37. The molecule has 318 valence electrons. The van der Waals surface area contributed by atoms with Crippen LogP contribution in [0.5, 0.6) is 0 Å². The third kappa shape index (κ3) is 17.0. The molecule has 3 aromatic carbocycles. The molecule has 0 radical (unpaired) electrons. The molecular weight excluding hydrogens is 829 g/mol. The Morgan fingerprint density at radius 1 is 0.433 bits per heavy atom. The highest BCUT2D eigenvalue weighted by atomic mass is 32.2. The zero-order chi connectivity index (χ0) is 43.1. The number of amides is 3. The van der Waals surface area contributed by atoms with Crippen LogP contribution in [0.2, 0.25) is 0 Å². The number of nitrogens with one attached hydrogen (secondary N) is 3. The van der Waals surface area contributed by atoms with Crippen molar-refractivity contribution >= 4 is 88.0 Å². The minimum atomic E-state index is -0.435. The van der Waals surface area contributed by atoms with Crippen molar-refractivity contribution in [3.8, 4) is 0 Å². The standard InChI is InChI=1S/C42H48N6O9S3/c1-4-7-22-55-37(52)28-10-16-31(17-11-28)43-34(49)25-58-40-46-41(59-26-35(50)44-32-18-12-29(13-19-32)38(53)56-23-8-5-2)48-42(47-40)60-27-36(51)45-33-20-14-30(15-21-33)39(54)57-24-9-6-3/h10-21H,4-9,22-27H2,1-3H3,(H,43,49)(H,44,50)(H,45,51). The second kappa shape index (κ2) is 25.9. The lowest BCUT2D eigenvalue weighted by Gasteiger charge is -2.09. The lowest BCUT2D eigenvalue weighted by atomic mass is 10.2. The van der Waals surface area contributed by atoms with Gasteiger partial charge in [-0.3, -0.25) is 14.4 Å². The molecule has 3 amide bonds. The Kier molecular flexibility index (Phi) is 20.4. The maximum atomic E-state index is 12.9. The number of unbranched alkanes of at least 4 members (excludes halogenated alkanes) is 3. The van der Waals surface area contributed by atoms with E-state index in [9.17, 15) is 28.8 Å². The van der Waals surface area contributed by atoms with Crippen molar-refractivity contribution in [3.63, 3.8) is 0 Å². The summed E-state index contributed by atoms with van der Waals surface area (Å²) in [6, 6.07) is 19.1. The van der Waals surface area contributed by atoms with E-state index in [1.807, 2.05) is 20.8 Å². The van der Waals surface area contributed by atoms with Crippen LogP contribution in [-0.4, -0.2) is 87.7 Å². The first-order valence-electron chi connectivity index (χ1n) is 19.4. The van der Waals surface area contributed by atoms with Crippen molar-refractivity contribution in [2.75, 3.05) is 53.0 Å². The van der Waals surface area contributed by atoms with Gasteiger partial charge in [0, 0.05) is 17.1 Å². The third-order valence-corrected chi connectivity index (χ3v) is 10.5. The average molecular weight is 877 g/mol. The molecule has 60 heavy (non-hydrogen) atoms. The third-order valence-electron chi connectivity index (χ3n) is 7.98. The Labute approximate surface area is 361 Å². The fourth-order valence-electron chi connectivity index (χ4n) is 4.74. The van der Waals surface area contributed by atoms with Crippen molar-refractivity contribution in [2.45, 2.75) is 74.8 Å². The maximum absolute atomic E-state index is 12.9. The predicted octanol–water partition coefficient (Wildman–Crippen LogP) is 7.93. The number of benzene rings is 3. The quantitative estimate of drug-likeness (QED) is 0.0265. The molecule has 0 aliphatic heterocycles. The van der Waals surface area contributed by atoms with Crippen LogP contribution in [-0.2, 0) is 28.6 Å². The number of nitrogens with zero attached hydrogens (tertiary/aromatic N) is 3. The van der Waals surface area contributed by atoms with Gasteiger partial charge in [-0.2, -0.15) is 15.0 Å². The molecule has 18 heteroatoms. The van der Waals surface area contributed by atoms with E-state index in [0.717, 1.165) is 73.8 Å². The van der Waals surface area contributed by atoms with Crippen LogP contribution in [0, 0.1) is 0 Å². The zero-order valence-corrected chi connectivity index (χ0v) is 36.1. The molecule has 3 N–H and O–H groups in total. The zero-order valence-electron chi connectivity index (χ0n) is 33.7. The maximum Gasteiger partial charge on any atom is 0.338 e. The van der Waals surface area contributed by atoms with Crippen LogP contribution < -0.4 is 16.0 Å². The highest BCUT2D eigenvalue weighted by Crippen LogP contribution is 2.24. The van der Waals surface area contributed by atoms with E-state index in [2.05, 4.69) is 30.9 Å². The number of esters is 3. The lowest BCUT2D eigenvalue weighted by Crippen LogP contribution is -2.16. The monoisotopic (exact) mass is 876 g/mol. The molecule has 1 heterocycles. The fraction of sp³-hybridized carbons (Fsp3) is 0.357. The lowest BCUT2D eigenvalue weighted by molar-refractivity contribution is -0.114. The molecule has 4 aromatic rings. The van der Waals surface area contributed by atoms with Crippen LogP contribution in [0.15, 0.2) is 88.3 Å². The molecule has 0 atom stereocenters. The summed E-state index contributed by atoms with van der Waals surface area (Å²) in [7, 11) is 0. The summed E-state index contributed by atoms with van der Waals surface area (Å²) in [5.41, 5.74) is 2.56. The first-order valence-corrected chi connectivity index (χ1v) is 22.4. The molecule has 1 aromatic heterocycles. The van der Waals surface area contributed by atoms with E-state index >= 15 is 0 Å². The van der Waals surface area contributed by atoms with Crippen LogP contribution in [0.1, 0.15) is 90.4 Å². The minimum absolute atomic E-state index is 0.0791. The smallest absolute Gasteiger partial charge is 0.338 e. The van der Waals surface area contributed by atoms with Gasteiger partial charge in [-0.25, -0.2) is 14.4 Å². The number of hydrogen-bond donors (Lipinski definition) is 3. The molecule has 0 bridgehead atoms. The summed E-state index contributed by atoms with van der Waals surface area (Å²) in [5.74, 6) is -2.62.